The maximum absolute atomic E-state index is 12.3. The van der Waals surface area contributed by atoms with Gasteiger partial charge in [-0.05, 0) is 37.3 Å². The Kier molecular flexibility index (Phi) is 4.73. The SMILES string of the molecule is CC(C)Sc1nnc(NC(=O)c2cnc3c(c2)CCCC3)s1. The van der Waals surface area contributed by atoms with E-state index in [-0.39, 0.29) is 5.91 Å². The molecular weight excluding hydrogens is 316 g/mol. The largest absolute Gasteiger partial charge is 0.296 e. The zero-order chi connectivity index (χ0) is 15.5. The summed E-state index contributed by atoms with van der Waals surface area (Å²) in [5, 5.41) is 11.9. The molecule has 116 valence electrons. The molecule has 0 fully saturated rings. The summed E-state index contributed by atoms with van der Waals surface area (Å²) in [5.41, 5.74) is 2.93. The van der Waals surface area contributed by atoms with Gasteiger partial charge in [0.1, 0.15) is 0 Å². The van der Waals surface area contributed by atoms with Crippen molar-refractivity contribution in [2.75, 3.05) is 5.32 Å². The smallest absolute Gasteiger partial charge is 0.259 e. The summed E-state index contributed by atoms with van der Waals surface area (Å²) in [5.74, 6) is -0.168. The first kappa shape index (κ1) is 15.4. The van der Waals surface area contributed by atoms with Gasteiger partial charge in [0, 0.05) is 17.1 Å². The van der Waals surface area contributed by atoms with Crippen LogP contribution < -0.4 is 5.32 Å². The number of amides is 1. The third kappa shape index (κ3) is 3.64. The minimum atomic E-state index is -0.168. The molecule has 3 rings (SSSR count). The van der Waals surface area contributed by atoms with Crippen LogP contribution in [-0.4, -0.2) is 26.3 Å². The third-order valence-electron chi connectivity index (χ3n) is 3.40. The first-order valence-corrected chi connectivity index (χ1v) is 9.11. The summed E-state index contributed by atoms with van der Waals surface area (Å²) in [4.78, 5) is 16.7. The first-order chi connectivity index (χ1) is 10.6. The lowest BCUT2D eigenvalue weighted by Gasteiger charge is -2.14. The lowest BCUT2D eigenvalue weighted by molar-refractivity contribution is 0.102. The maximum atomic E-state index is 12.3. The summed E-state index contributed by atoms with van der Waals surface area (Å²) < 4.78 is 0.869. The average molecular weight is 334 g/mol. The molecular formula is C15H18N4OS2. The van der Waals surface area contributed by atoms with Gasteiger partial charge in [-0.25, -0.2) is 0 Å². The van der Waals surface area contributed by atoms with Crippen LogP contribution in [-0.2, 0) is 12.8 Å². The van der Waals surface area contributed by atoms with Gasteiger partial charge in [0.15, 0.2) is 4.34 Å². The molecule has 1 aliphatic rings. The number of pyridine rings is 1. The van der Waals surface area contributed by atoms with Crippen LogP contribution in [0, 0.1) is 0 Å². The zero-order valence-electron chi connectivity index (χ0n) is 12.6. The number of rotatable bonds is 4. The number of nitrogens with one attached hydrogen (secondary N) is 1. The Morgan fingerprint density at radius 2 is 2.14 bits per heavy atom. The van der Waals surface area contributed by atoms with E-state index in [4.69, 9.17) is 0 Å². The Balaban J connectivity index is 1.70. The Morgan fingerprint density at radius 1 is 1.32 bits per heavy atom. The van der Waals surface area contributed by atoms with Gasteiger partial charge in [-0.15, -0.1) is 10.2 Å². The predicted octanol–water partition coefficient (Wildman–Crippen LogP) is 3.56. The molecule has 1 amide bonds. The zero-order valence-corrected chi connectivity index (χ0v) is 14.3. The lowest BCUT2D eigenvalue weighted by atomic mass is 9.95. The van der Waals surface area contributed by atoms with Gasteiger partial charge in [0.2, 0.25) is 5.13 Å². The Morgan fingerprint density at radius 3 is 2.95 bits per heavy atom. The molecule has 0 atom stereocenters. The average Bonchev–Trinajstić information content (AvgIpc) is 2.93. The van der Waals surface area contributed by atoms with Crippen LogP contribution in [0.5, 0.6) is 0 Å². The molecule has 2 aromatic heterocycles. The van der Waals surface area contributed by atoms with Crippen molar-refractivity contribution in [2.45, 2.75) is 49.1 Å². The number of nitrogens with zero attached hydrogens (tertiary/aromatic N) is 3. The summed E-state index contributed by atoms with van der Waals surface area (Å²) in [6.07, 6.45) is 6.05. The normalized spacial score (nSPS) is 14.0. The fourth-order valence-corrected chi connectivity index (χ4v) is 4.36. The van der Waals surface area contributed by atoms with Crippen molar-refractivity contribution < 1.29 is 4.79 Å². The molecule has 1 N–H and O–H groups in total. The molecule has 0 aromatic carbocycles. The molecule has 2 heterocycles. The van der Waals surface area contributed by atoms with Crippen LogP contribution >= 0.6 is 23.1 Å². The highest BCUT2D eigenvalue weighted by molar-refractivity contribution is 8.01. The Hall–Kier alpha value is -1.47. The van der Waals surface area contributed by atoms with Crippen LogP contribution in [0.25, 0.3) is 0 Å². The van der Waals surface area contributed by atoms with Crippen molar-refractivity contribution >= 4 is 34.1 Å². The monoisotopic (exact) mass is 334 g/mol. The van der Waals surface area contributed by atoms with Gasteiger partial charge in [0.05, 0.1) is 5.56 Å². The molecule has 0 radical (unpaired) electrons. The van der Waals surface area contributed by atoms with E-state index >= 15 is 0 Å². The molecule has 5 nitrogen and oxygen atoms in total. The molecule has 0 saturated heterocycles. The second-order valence-electron chi connectivity index (χ2n) is 5.53. The summed E-state index contributed by atoms with van der Waals surface area (Å²) in [6, 6.07) is 1.96. The van der Waals surface area contributed by atoms with Crippen molar-refractivity contribution in [1.29, 1.82) is 0 Å². The first-order valence-electron chi connectivity index (χ1n) is 7.41. The Labute approximate surface area is 138 Å². The van der Waals surface area contributed by atoms with E-state index in [9.17, 15) is 4.79 Å². The fraction of sp³-hybridized carbons (Fsp3) is 0.467. The van der Waals surface area contributed by atoms with Gasteiger partial charge >= 0.3 is 0 Å². The lowest BCUT2D eigenvalue weighted by Crippen LogP contribution is -2.14. The van der Waals surface area contributed by atoms with Crippen molar-refractivity contribution in [3.05, 3.63) is 29.1 Å². The van der Waals surface area contributed by atoms with Gasteiger partial charge in [-0.3, -0.25) is 15.1 Å². The van der Waals surface area contributed by atoms with Gasteiger partial charge in [-0.1, -0.05) is 36.9 Å². The van der Waals surface area contributed by atoms with Gasteiger partial charge in [0.25, 0.3) is 5.91 Å². The molecule has 0 spiro atoms. The van der Waals surface area contributed by atoms with Crippen LogP contribution in [0.15, 0.2) is 16.6 Å². The minimum absolute atomic E-state index is 0.168. The number of carbonyl (C=O) groups excluding carboxylic acids is 1. The predicted molar refractivity (Wildman–Crippen MR) is 89.7 cm³/mol. The van der Waals surface area contributed by atoms with E-state index < -0.39 is 0 Å². The van der Waals surface area contributed by atoms with Crippen molar-refractivity contribution in [3.8, 4) is 0 Å². The molecule has 0 aliphatic heterocycles. The molecule has 2 aromatic rings. The standard InChI is InChI=1S/C15H18N4OS2/c1-9(2)21-15-19-18-14(22-15)17-13(20)11-7-10-5-3-4-6-12(10)16-8-11/h7-9H,3-6H2,1-2H3,(H,17,18,20). The van der Waals surface area contributed by atoms with Crippen LogP contribution in [0.2, 0.25) is 0 Å². The summed E-state index contributed by atoms with van der Waals surface area (Å²) in [7, 11) is 0. The number of aryl methyl sites for hydroxylation is 2. The van der Waals surface area contributed by atoms with Crippen molar-refractivity contribution in [1.82, 2.24) is 15.2 Å². The highest BCUT2D eigenvalue weighted by Crippen LogP contribution is 2.28. The number of hydrogen-bond acceptors (Lipinski definition) is 6. The highest BCUT2D eigenvalue weighted by atomic mass is 32.2. The third-order valence-corrected chi connectivity index (χ3v) is 5.32. The summed E-state index contributed by atoms with van der Waals surface area (Å²) in [6.45, 7) is 4.20. The van der Waals surface area contributed by atoms with Crippen molar-refractivity contribution in [2.24, 2.45) is 0 Å². The van der Waals surface area contributed by atoms with E-state index in [1.54, 1.807) is 18.0 Å². The topological polar surface area (TPSA) is 67.8 Å². The van der Waals surface area contributed by atoms with Crippen LogP contribution in [0.3, 0.4) is 0 Å². The summed E-state index contributed by atoms with van der Waals surface area (Å²) >= 11 is 3.04. The van der Waals surface area contributed by atoms with Gasteiger partial charge < -0.3 is 0 Å². The highest BCUT2D eigenvalue weighted by Gasteiger charge is 2.16. The van der Waals surface area contributed by atoms with Crippen molar-refractivity contribution in [3.63, 3.8) is 0 Å². The van der Waals surface area contributed by atoms with Gasteiger partial charge in [-0.2, -0.15) is 0 Å². The maximum Gasteiger partial charge on any atom is 0.259 e. The van der Waals surface area contributed by atoms with E-state index in [2.05, 4.69) is 34.3 Å². The number of hydrogen-bond donors (Lipinski definition) is 1. The Bertz CT molecular complexity index is 684. The van der Waals surface area contributed by atoms with E-state index in [0.29, 0.717) is 15.9 Å². The van der Waals surface area contributed by atoms with Crippen LogP contribution in [0.4, 0.5) is 5.13 Å². The molecule has 1 aliphatic carbocycles. The quantitative estimate of drug-likeness (QED) is 0.684. The molecule has 22 heavy (non-hydrogen) atoms. The van der Waals surface area contributed by atoms with E-state index in [1.807, 2.05) is 6.07 Å². The fourth-order valence-electron chi connectivity index (χ4n) is 2.39. The second-order valence-corrected chi connectivity index (χ2v) is 8.33. The minimum Gasteiger partial charge on any atom is -0.296 e. The molecule has 0 bridgehead atoms. The second kappa shape index (κ2) is 6.75. The molecule has 0 saturated carbocycles. The molecule has 7 heteroatoms. The number of fused-ring (bicyclic) bond motifs is 1. The number of aromatic nitrogens is 3. The molecule has 0 unspecified atom stereocenters. The number of carbonyl (C=O) groups is 1. The number of thioether (sulfide) groups is 1. The van der Waals surface area contributed by atoms with Crippen LogP contribution in [0.1, 0.15) is 48.3 Å². The van der Waals surface area contributed by atoms with E-state index in [1.165, 1.54) is 29.7 Å². The van der Waals surface area contributed by atoms with E-state index in [0.717, 1.165) is 22.9 Å². The number of anilines is 1.